The molecule has 0 bridgehead atoms. The van der Waals surface area contributed by atoms with Crippen LogP contribution in [0.15, 0.2) is 97.2 Å². The van der Waals surface area contributed by atoms with Gasteiger partial charge in [0.2, 0.25) is 5.91 Å². The van der Waals surface area contributed by atoms with Crippen molar-refractivity contribution in [2.24, 2.45) is 0 Å². The highest BCUT2D eigenvalue weighted by atomic mass is 31.2. The number of quaternary nitrogens is 1. The average molecular weight is 999 g/mol. The van der Waals surface area contributed by atoms with Gasteiger partial charge in [-0.15, -0.1) is 0 Å². The third kappa shape index (κ3) is 53.2. The van der Waals surface area contributed by atoms with Gasteiger partial charge < -0.3 is 19.8 Å². The molecule has 0 rings (SSSR count). The van der Waals surface area contributed by atoms with Gasteiger partial charge in [-0.2, -0.15) is 0 Å². The van der Waals surface area contributed by atoms with E-state index in [1.165, 1.54) is 135 Å². The Balaban J connectivity index is 4.25. The summed E-state index contributed by atoms with van der Waals surface area (Å²) in [6, 6.07) is -0.876. The topological polar surface area (TPSA) is 105 Å². The van der Waals surface area contributed by atoms with Crippen LogP contribution in [-0.4, -0.2) is 73.4 Å². The van der Waals surface area contributed by atoms with Crippen molar-refractivity contribution in [1.29, 1.82) is 0 Å². The van der Waals surface area contributed by atoms with Gasteiger partial charge in [-0.05, 0) is 89.9 Å². The summed E-state index contributed by atoms with van der Waals surface area (Å²) in [5.41, 5.74) is 0. The normalized spacial score (nSPS) is 14.7. The Morgan fingerprint density at radius 2 is 0.871 bits per heavy atom. The number of hydrogen-bond donors (Lipinski definition) is 3. The smallest absolute Gasteiger partial charge is 0.387 e. The Morgan fingerprint density at radius 3 is 1.31 bits per heavy atom. The molecule has 3 unspecified atom stereocenters. The second-order valence-electron chi connectivity index (χ2n) is 20.3. The first-order chi connectivity index (χ1) is 34.0. The lowest BCUT2D eigenvalue weighted by atomic mass is 10.0. The molecule has 3 atom stereocenters. The van der Waals surface area contributed by atoms with E-state index in [1.807, 2.05) is 27.2 Å². The van der Waals surface area contributed by atoms with Crippen molar-refractivity contribution in [2.75, 3.05) is 40.9 Å². The number of nitrogens with zero attached hydrogens (tertiary/aromatic N) is 1. The lowest BCUT2D eigenvalue weighted by Gasteiger charge is -2.25. The van der Waals surface area contributed by atoms with E-state index in [0.29, 0.717) is 17.4 Å². The number of nitrogens with one attached hydrogen (secondary N) is 1. The molecule has 0 aliphatic rings. The molecule has 0 fully saturated rings. The van der Waals surface area contributed by atoms with Crippen LogP contribution in [0.4, 0.5) is 0 Å². The first-order valence-electron chi connectivity index (χ1n) is 28.6. The predicted molar refractivity (Wildman–Crippen MR) is 304 cm³/mol. The molecule has 70 heavy (non-hydrogen) atoms. The van der Waals surface area contributed by atoms with Crippen LogP contribution in [0.1, 0.15) is 232 Å². The van der Waals surface area contributed by atoms with Crippen LogP contribution in [0.2, 0.25) is 0 Å². The molecule has 1 amide bonds. The number of aliphatic hydroxyl groups excluding tert-OH is 1. The van der Waals surface area contributed by atoms with E-state index in [-0.39, 0.29) is 19.1 Å². The van der Waals surface area contributed by atoms with Gasteiger partial charge in [0.1, 0.15) is 13.2 Å². The largest absolute Gasteiger partial charge is 0.472 e. The number of carbonyl (C=O) groups excluding carboxylic acids is 1. The maximum Gasteiger partial charge on any atom is 0.472 e. The van der Waals surface area contributed by atoms with E-state index in [9.17, 15) is 19.4 Å². The molecule has 0 aliphatic heterocycles. The Morgan fingerprint density at radius 1 is 0.500 bits per heavy atom. The minimum atomic E-state index is -4.36. The molecule has 0 saturated heterocycles. The van der Waals surface area contributed by atoms with Gasteiger partial charge >= 0.3 is 7.82 Å². The molecule has 0 aromatic carbocycles. The predicted octanol–water partition coefficient (Wildman–Crippen LogP) is 17.4. The summed E-state index contributed by atoms with van der Waals surface area (Å²) in [5.74, 6) is -0.195. The van der Waals surface area contributed by atoms with Crippen LogP contribution in [0, 0.1) is 0 Å². The Labute approximate surface area is 432 Å². The maximum absolute atomic E-state index is 13.0. The van der Waals surface area contributed by atoms with Crippen LogP contribution in [0.25, 0.3) is 0 Å². The summed E-state index contributed by atoms with van der Waals surface area (Å²) in [6.45, 7) is 4.67. The Kier molecular flexibility index (Phi) is 49.4. The number of carbonyl (C=O) groups is 1. The first-order valence-corrected chi connectivity index (χ1v) is 30.1. The molecule has 8 nitrogen and oxygen atoms in total. The lowest BCUT2D eigenvalue weighted by molar-refractivity contribution is -0.870. The summed E-state index contributed by atoms with van der Waals surface area (Å²) in [7, 11) is 1.54. The number of allylic oxidation sites excluding steroid dienone is 15. The van der Waals surface area contributed by atoms with Crippen LogP contribution in [0.3, 0.4) is 0 Å². The Bertz CT molecular complexity index is 1460. The highest BCUT2D eigenvalue weighted by molar-refractivity contribution is 7.47. The van der Waals surface area contributed by atoms with Gasteiger partial charge in [0.15, 0.2) is 0 Å². The number of aliphatic hydroxyl groups is 1. The molecular weight excluding hydrogens is 888 g/mol. The summed E-state index contributed by atoms with van der Waals surface area (Å²) >= 11 is 0. The van der Waals surface area contributed by atoms with Crippen LogP contribution in [-0.2, 0) is 18.4 Å². The monoisotopic (exact) mass is 998 g/mol. The van der Waals surface area contributed by atoms with E-state index < -0.39 is 20.0 Å². The second-order valence-corrected chi connectivity index (χ2v) is 21.7. The summed E-state index contributed by atoms with van der Waals surface area (Å²) in [5, 5.41) is 13.9. The number of rotatable bonds is 51. The SMILES string of the molecule is CC/C=C\C/C=C\C/C=C\C/C=C\C/C=C\CCCCCCCCCCCCCCCC(=O)NC(COP(=O)(O)OCC[N+](C)(C)C)C(O)/C=C/CC/C=C/CC/C=C/CCCCCCCCCCC. The third-order valence-corrected chi connectivity index (χ3v) is 13.2. The number of unbranched alkanes of at least 4 members (excludes halogenated alkanes) is 24. The molecule has 0 spiro atoms. The molecule has 0 heterocycles. The van der Waals surface area contributed by atoms with Crippen molar-refractivity contribution in [2.45, 2.75) is 244 Å². The molecular formula is C61H110N2O6P+. The van der Waals surface area contributed by atoms with E-state index in [2.05, 4.69) is 104 Å². The lowest BCUT2D eigenvalue weighted by Crippen LogP contribution is -2.45. The van der Waals surface area contributed by atoms with Gasteiger partial charge in [0, 0.05) is 6.42 Å². The minimum absolute atomic E-state index is 0.0494. The molecule has 0 radical (unpaired) electrons. The number of phosphoric acid groups is 1. The highest BCUT2D eigenvalue weighted by Crippen LogP contribution is 2.43. The Hall–Kier alpha value is -2.58. The third-order valence-electron chi connectivity index (χ3n) is 12.3. The number of phosphoric ester groups is 1. The number of likely N-dealkylation sites (N-methyl/N-ethyl adjacent to an activating group) is 1. The maximum atomic E-state index is 13.0. The van der Waals surface area contributed by atoms with Crippen molar-refractivity contribution >= 4 is 13.7 Å². The van der Waals surface area contributed by atoms with E-state index >= 15 is 0 Å². The molecule has 0 saturated carbocycles. The minimum Gasteiger partial charge on any atom is -0.387 e. The fraction of sp³-hybridized carbons (Fsp3) is 0.721. The van der Waals surface area contributed by atoms with Crippen molar-refractivity contribution in [3.8, 4) is 0 Å². The van der Waals surface area contributed by atoms with Crippen molar-refractivity contribution in [1.82, 2.24) is 5.32 Å². The highest BCUT2D eigenvalue weighted by Gasteiger charge is 2.27. The fourth-order valence-electron chi connectivity index (χ4n) is 7.81. The number of amides is 1. The van der Waals surface area contributed by atoms with E-state index in [1.54, 1.807) is 6.08 Å². The molecule has 3 N–H and O–H groups in total. The zero-order chi connectivity index (χ0) is 51.3. The zero-order valence-electron chi connectivity index (χ0n) is 46.0. The average Bonchev–Trinajstić information content (AvgIpc) is 3.32. The van der Waals surface area contributed by atoms with Crippen molar-refractivity contribution in [3.05, 3.63) is 97.2 Å². The second kappa shape index (κ2) is 51.3. The molecule has 0 aromatic heterocycles. The van der Waals surface area contributed by atoms with Crippen molar-refractivity contribution < 1.29 is 32.9 Å². The number of hydrogen-bond acceptors (Lipinski definition) is 5. The van der Waals surface area contributed by atoms with E-state index in [4.69, 9.17) is 9.05 Å². The fourth-order valence-corrected chi connectivity index (χ4v) is 8.54. The van der Waals surface area contributed by atoms with Crippen molar-refractivity contribution in [3.63, 3.8) is 0 Å². The molecule has 0 aliphatic carbocycles. The summed E-state index contributed by atoms with van der Waals surface area (Å²) in [4.78, 5) is 23.3. The summed E-state index contributed by atoms with van der Waals surface area (Å²) in [6.07, 6.45) is 73.6. The first kappa shape index (κ1) is 67.4. The molecule has 404 valence electrons. The zero-order valence-corrected chi connectivity index (χ0v) is 46.9. The van der Waals surface area contributed by atoms with Gasteiger partial charge in [0.25, 0.3) is 0 Å². The van der Waals surface area contributed by atoms with Gasteiger partial charge in [0.05, 0.1) is 39.9 Å². The van der Waals surface area contributed by atoms with Gasteiger partial charge in [-0.3, -0.25) is 13.8 Å². The van der Waals surface area contributed by atoms with Gasteiger partial charge in [-0.25, -0.2) is 4.57 Å². The molecule has 9 heteroatoms. The van der Waals surface area contributed by atoms with Crippen LogP contribution in [0.5, 0.6) is 0 Å². The van der Waals surface area contributed by atoms with Gasteiger partial charge in [-0.1, -0.05) is 233 Å². The quantitative estimate of drug-likeness (QED) is 0.0243. The van der Waals surface area contributed by atoms with Crippen LogP contribution >= 0.6 is 7.82 Å². The standard InChI is InChI=1S/C61H109N2O6P/c1-6-8-10-12-14-16-18-20-22-24-26-27-28-29-30-31-32-33-34-35-37-39-41-43-45-47-49-51-53-55-61(65)62-59(58-69-70(66,67)68-57-56-63(3,4)5)60(64)54-52-50-48-46-44-42-40-38-36-25-23-21-19-17-15-13-11-9-7-2/h8,10,14,16,20,22,26-27,29-30,36,38,44,46,52,54,59-60,64H,6-7,9,11-13,15,17-19,21,23-25,28,31-35,37,39-43,45,47-51,53,55-58H2,1-5H3,(H-,62,65,66,67)/p+1/b10-8-,16-14-,22-20-,27-26-,30-29-,38-36+,46-44+,54-52+. The van der Waals surface area contributed by atoms with E-state index in [0.717, 1.165) is 77.0 Å². The molecule has 0 aromatic rings. The summed E-state index contributed by atoms with van der Waals surface area (Å²) < 4.78 is 23.7. The van der Waals surface area contributed by atoms with Crippen LogP contribution < -0.4 is 5.32 Å².